The van der Waals surface area contributed by atoms with Crippen LogP contribution in [0, 0.1) is 6.92 Å². The standard InChI is InChI=1S/C14H16ClN3O/c1-10-17-13(9-14(18-10)19-2)16-8-7-11-3-5-12(15)6-4-11/h3-6,9H,7-8H2,1-2H3,(H,16,17,18). The van der Waals surface area contributed by atoms with Gasteiger partial charge in [0.05, 0.1) is 7.11 Å². The number of nitrogens with one attached hydrogen (secondary N) is 1. The van der Waals surface area contributed by atoms with E-state index in [1.807, 2.05) is 31.2 Å². The van der Waals surface area contributed by atoms with E-state index in [1.54, 1.807) is 13.2 Å². The lowest BCUT2D eigenvalue weighted by atomic mass is 10.1. The predicted octanol–water partition coefficient (Wildman–Crippen LogP) is 3.10. The van der Waals surface area contributed by atoms with Crippen molar-refractivity contribution < 1.29 is 4.74 Å². The zero-order valence-electron chi connectivity index (χ0n) is 11.0. The number of aryl methyl sites for hydroxylation is 1. The fourth-order valence-corrected chi connectivity index (χ4v) is 1.85. The molecule has 1 N–H and O–H groups in total. The second kappa shape index (κ2) is 6.38. The first-order chi connectivity index (χ1) is 9.17. The lowest BCUT2D eigenvalue weighted by Crippen LogP contribution is -2.07. The van der Waals surface area contributed by atoms with Crippen molar-refractivity contribution in [1.82, 2.24) is 9.97 Å². The van der Waals surface area contributed by atoms with Crippen LogP contribution in [0.2, 0.25) is 5.02 Å². The molecule has 2 rings (SSSR count). The van der Waals surface area contributed by atoms with Crippen molar-refractivity contribution in [3.8, 4) is 5.88 Å². The fraction of sp³-hybridized carbons (Fsp3) is 0.286. The highest BCUT2D eigenvalue weighted by Crippen LogP contribution is 2.13. The van der Waals surface area contributed by atoms with E-state index in [4.69, 9.17) is 16.3 Å². The van der Waals surface area contributed by atoms with E-state index in [9.17, 15) is 0 Å². The van der Waals surface area contributed by atoms with Gasteiger partial charge >= 0.3 is 0 Å². The summed E-state index contributed by atoms with van der Waals surface area (Å²) in [6, 6.07) is 9.63. The van der Waals surface area contributed by atoms with Crippen molar-refractivity contribution in [3.63, 3.8) is 0 Å². The van der Waals surface area contributed by atoms with Crippen LogP contribution in [0.5, 0.6) is 5.88 Å². The first-order valence-electron chi connectivity index (χ1n) is 6.05. The SMILES string of the molecule is COc1cc(NCCc2ccc(Cl)cc2)nc(C)n1. The van der Waals surface area contributed by atoms with Gasteiger partial charge in [0.1, 0.15) is 11.6 Å². The van der Waals surface area contributed by atoms with Gasteiger partial charge in [0.2, 0.25) is 5.88 Å². The Bertz CT molecular complexity index is 543. The average Bonchev–Trinajstić information content (AvgIpc) is 2.40. The molecule has 0 spiro atoms. The van der Waals surface area contributed by atoms with Gasteiger partial charge in [-0.05, 0) is 31.0 Å². The zero-order valence-corrected chi connectivity index (χ0v) is 11.7. The number of hydrogen-bond donors (Lipinski definition) is 1. The molecule has 1 aromatic carbocycles. The van der Waals surface area contributed by atoms with Gasteiger partial charge in [-0.15, -0.1) is 0 Å². The third-order valence-corrected chi connectivity index (χ3v) is 2.91. The van der Waals surface area contributed by atoms with Gasteiger partial charge in [-0.2, -0.15) is 4.98 Å². The maximum atomic E-state index is 5.85. The third-order valence-electron chi connectivity index (χ3n) is 2.66. The summed E-state index contributed by atoms with van der Waals surface area (Å²) in [6.07, 6.45) is 0.905. The Hall–Kier alpha value is -1.81. The molecule has 0 amide bonds. The summed E-state index contributed by atoms with van der Waals surface area (Å²) >= 11 is 5.85. The molecule has 1 aromatic heterocycles. The summed E-state index contributed by atoms with van der Waals surface area (Å²) in [7, 11) is 1.60. The van der Waals surface area contributed by atoms with Gasteiger partial charge in [-0.25, -0.2) is 4.98 Å². The summed E-state index contributed by atoms with van der Waals surface area (Å²) in [6.45, 7) is 2.63. The van der Waals surface area contributed by atoms with E-state index in [2.05, 4.69) is 15.3 Å². The van der Waals surface area contributed by atoms with Crippen molar-refractivity contribution in [1.29, 1.82) is 0 Å². The number of aromatic nitrogens is 2. The number of hydrogen-bond acceptors (Lipinski definition) is 4. The smallest absolute Gasteiger partial charge is 0.218 e. The predicted molar refractivity (Wildman–Crippen MR) is 77.0 cm³/mol. The van der Waals surface area contributed by atoms with E-state index in [-0.39, 0.29) is 0 Å². The van der Waals surface area contributed by atoms with Crippen LogP contribution in [0.4, 0.5) is 5.82 Å². The Morgan fingerprint density at radius 3 is 2.63 bits per heavy atom. The molecular weight excluding hydrogens is 262 g/mol. The van der Waals surface area contributed by atoms with Crippen LogP contribution < -0.4 is 10.1 Å². The molecule has 0 saturated heterocycles. The molecular formula is C14H16ClN3O. The van der Waals surface area contributed by atoms with Crippen molar-refractivity contribution in [2.45, 2.75) is 13.3 Å². The molecule has 0 unspecified atom stereocenters. The largest absolute Gasteiger partial charge is 0.481 e. The van der Waals surface area contributed by atoms with E-state index < -0.39 is 0 Å². The molecule has 0 aliphatic rings. The molecule has 0 radical (unpaired) electrons. The molecule has 0 aliphatic carbocycles. The Labute approximate surface area is 117 Å². The highest BCUT2D eigenvalue weighted by Gasteiger charge is 2.01. The first kappa shape index (κ1) is 13.6. The van der Waals surface area contributed by atoms with Gasteiger partial charge in [0, 0.05) is 17.6 Å². The second-order valence-electron chi connectivity index (χ2n) is 4.15. The van der Waals surface area contributed by atoms with Crippen LogP contribution in [0.15, 0.2) is 30.3 Å². The lowest BCUT2D eigenvalue weighted by Gasteiger charge is -2.08. The molecule has 0 fully saturated rings. The molecule has 19 heavy (non-hydrogen) atoms. The van der Waals surface area contributed by atoms with Crippen LogP contribution in [0.3, 0.4) is 0 Å². The minimum Gasteiger partial charge on any atom is -0.481 e. The number of halogens is 1. The Kier molecular flexibility index (Phi) is 4.58. The highest BCUT2D eigenvalue weighted by molar-refractivity contribution is 6.30. The summed E-state index contributed by atoms with van der Waals surface area (Å²) < 4.78 is 5.11. The molecule has 0 saturated carbocycles. The second-order valence-corrected chi connectivity index (χ2v) is 4.58. The molecule has 1 heterocycles. The topological polar surface area (TPSA) is 47.0 Å². The summed E-state index contributed by atoms with van der Waals surface area (Å²) in [5.41, 5.74) is 1.23. The van der Waals surface area contributed by atoms with Gasteiger partial charge in [0.25, 0.3) is 0 Å². The Balaban J connectivity index is 1.92. The van der Waals surface area contributed by atoms with Crippen molar-refractivity contribution in [3.05, 3.63) is 46.7 Å². The van der Waals surface area contributed by atoms with Crippen LogP contribution in [-0.4, -0.2) is 23.6 Å². The highest BCUT2D eigenvalue weighted by atomic mass is 35.5. The monoisotopic (exact) mass is 277 g/mol. The van der Waals surface area contributed by atoms with Gasteiger partial charge in [-0.3, -0.25) is 0 Å². The van der Waals surface area contributed by atoms with E-state index in [1.165, 1.54) is 5.56 Å². The average molecular weight is 278 g/mol. The molecule has 0 bridgehead atoms. The van der Waals surface area contributed by atoms with Crippen LogP contribution in [-0.2, 0) is 6.42 Å². The summed E-state index contributed by atoms with van der Waals surface area (Å²) in [5, 5.41) is 4.02. The van der Waals surface area contributed by atoms with E-state index >= 15 is 0 Å². The van der Waals surface area contributed by atoms with E-state index in [0.29, 0.717) is 11.7 Å². The minimum absolute atomic E-state index is 0.571. The van der Waals surface area contributed by atoms with E-state index in [0.717, 1.165) is 23.8 Å². The van der Waals surface area contributed by atoms with Crippen LogP contribution >= 0.6 is 11.6 Å². The normalized spacial score (nSPS) is 10.3. The van der Waals surface area contributed by atoms with Gasteiger partial charge in [0.15, 0.2) is 0 Å². The van der Waals surface area contributed by atoms with Crippen LogP contribution in [0.1, 0.15) is 11.4 Å². The molecule has 5 heteroatoms. The Morgan fingerprint density at radius 1 is 1.21 bits per heavy atom. The Morgan fingerprint density at radius 2 is 1.95 bits per heavy atom. The number of anilines is 1. The van der Waals surface area contributed by atoms with Crippen molar-refractivity contribution in [2.24, 2.45) is 0 Å². The number of methoxy groups -OCH3 is 1. The van der Waals surface area contributed by atoms with Crippen molar-refractivity contribution >= 4 is 17.4 Å². The fourth-order valence-electron chi connectivity index (χ4n) is 1.72. The third kappa shape index (κ3) is 4.10. The number of benzene rings is 1. The number of nitrogens with zero attached hydrogens (tertiary/aromatic N) is 2. The first-order valence-corrected chi connectivity index (χ1v) is 6.43. The maximum Gasteiger partial charge on any atom is 0.218 e. The quantitative estimate of drug-likeness (QED) is 0.912. The van der Waals surface area contributed by atoms with Gasteiger partial charge < -0.3 is 10.1 Å². The molecule has 0 atom stereocenters. The molecule has 0 aliphatic heterocycles. The maximum absolute atomic E-state index is 5.85. The molecule has 4 nitrogen and oxygen atoms in total. The summed E-state index contributed by atoms with van der Waals surface area (Å²) in [4.78, 5) is 8.44. The molecule has 2 aromatic rings. The van der Waals surface area contributed by atoms with Gasteiger partial charge in [-0.1, -0.05) is 23.7 Å². The molecule has 100 valence electrons. The minimum atomic E-state index is 0.571. The number of ether oxygens (including phenoxy) is 1. The number of rotatable bonds is 5. The van der Waals surface area contributed by atoms with Crippen molar-refractivity contribution in [2.75, 3.05) is 19.0 Å². The summed E-state index contributed by atoms with van der Waals surface area (Å²) in [5.74, 6) is 2.04. The lowest BCUT2D eigenvalue weighted by molar-refractivity contribution is 0.396. The van der Waals surface area contributed by atoms with Crippen LogP contribution in [0.25, 0.3) is 0 Å². The zero-order chi connectivity index (χ0) is 13.7.